The Morgan fingerprint density at radius 1 is 0.889 bits per heavy atom. The van der Waals surface area contributed by atoms with Gasteiger partial charge in [-0.05, 0) is 52.9 Å². The summed E-state index contributed by atoms with van der Waals surface area (Å²) in [6.45, 7) is 1.78. The number of aryl methyl sites for hydroxylation is 1. The van der Waals surface area contributed by atoms with Crippen molar-refractivity contribution >= 4 is 52.1 Å². The van der Waals surface area contributed by atoms with E-state index in [1.807, 2.05) is 60.7 Å². The van der Waals surface area contributed by atoms with Gasteiger partial charge < -0.3 is 5.32 Å². The number of nitro groups is 1. The molecular weight excluding hydrogens is 613 g/mol. The molecule has 1 atom stereocenters. The van der Waals surface area contributed by atoms with E-state index in [2.05, 4.69) is 32.2 Å². The average Bonchev–Trinajstić information content (AvgIpc) is 3.04. The Balaban J connectivity index is 1.41. The van der Waals surface area contributed by atoms with Gasteiger partial charge in [-0.15, -0.1) is 0 Å². The molecule has 0 bridgehead atoms. The average molecular weight is 639 g/mol. The lowest BCUT2D eigenvalue weighted by Gasteiger charge is -2.19. The maximum atomic E-state index is 13.4. The SMILES string of the molecule is Cc1cc(C(C#N)c2ccc(Cl)cc2)c(Cl)cc1Nc1ncnc(NNC(=O)C(c2ccccc2)c2ccccc2)c1[N+](=O)[O-]. The third-order valence-corrected chi connectivity index (χ3v) is 7.66. The quantitative estimate of drug-likeness (QED) is 0.104. The largest absolute Gasteiger partial charge is 0.355 e. The number of carbonyl (C=O) groups excluding carboxylic acids is 1. The van der Waals surface area contributed by atoms with Gasteiger partial charge in [0.1, 0.15) is 6.33 Å². The van der Waals surface area contributed by atoms with Gasteiger partial charge in [-0.3, -0.25) is 25.8 Å². The molecule has 0 aliphatic rings. The van der Waals surface area contributed by atoms with Crippen molar-refractivity contribution in [3.05, 3.63) is 151 Å². The molecule has 0 spiro atoms. The van der Waals surface area contributed by atoms with Gasteiger partial charge in [0.2, 0.25) is 17.5 Å². The topological polar surface area (TPSA) is 146 Å². The summed E-state index contributed by atoms with van der Waals surface area (Å²) in [5, 5.41) is 25.9. The number of halogens is 2. The van der Waals surface area contributed by atoms with Gasteiger partial charge >= 0.3 is 5.69 Å². The first-order valence-electron chi connectivity index (χ1n) is 13.6. The second kappa shape index (κ2) is 13.9. The summed E-state index contributed by atoms with van der Waals surface area (Å²) in [5.74, 6) is -2.15. The van der Waals surface area contributed by atoms with Gasteiger partial charge in [0.25, 0.3) is 0 Å². The molecule has 0 saturated heterocycles. The maximum absolute atomic E-state index is 13.4. The molecule has 1 heterocycles. The molecule has 5 aromatic rings. The van der Waals surface area contributed by atoms with Crippen LogP contribution in [-0.2, 0) is 4.79 Å². The molecule has 0 aliphatic carbocycles. The molecule has 0 radical (unpaired) electrons. The van der Waals surface area contributed by atoms with Crippen LogP contribution in [0.5, 0.6) is 0 Å². The second-order valence-electron chi connectivity index (χ2n) is 9.97. The zero-order valence-electron chi connectivity index (χ0n) is 23.7. The number of hydrogen-bond donors (Lipinski definition) is 3. The Morgan fingerprint density at radius 3 is 2.07 bits per heavy atom. The molecule has 1 amide bonds. The van der Waals surface area contributed by atoms with Crippen LogP contribution in [0.2, 0.25) is 10.0 Å². The Kier molecular flexibility index (Phi) is 9.53. The molecule has 0 saturated carbocycles. The highest BCUT2D eigenvalue weighted by atomic mass is 35.5. The van der Waals surface area contributed by atoms with E-state index in [0.29, 0.717) is 21.8 Å². The highest BCUT2D eigenvalue weighted by molar-refractivity contribution is 6.32. The monoisotopic (exact) mass is 637 g/mol. The van der Waals surface area contributed by atoms with E-state index in [-0.39, 0.29) is 16.7 Å². The summed E-state index contributed by atoms with van der Waals surface area (Å²) in [6.07, 6.45) is 1.13. The first-order chi connectivity index (χ1) is 21.8. The van der Waals surface area contributed by atoms with Crippen molar-refractivity contribution in [2.24, 2.45) is 0 Å². The third kappa shape index (κ3) is 7.02. The molecule has 0 fully saturated rings. The molecule has 12 heteroatoms. The van der Waals surface area contributed by atoms with Crippen LogP contribution < -0.4 is 16.2 Å². The van der Waals surface area contributed by atoms with E-state index in [1.54, 1.807) is 43.3 Å². The van der Waals surface area contributed by atoms with Gasteiger partial charge in [0.05, 0.1) is 22.8 Å². The van der Waals surface area contributed by atoms with Crippen LogP contribution in [0.4, 0.5) is 23.0 Å². The van der Waals surface area contributed by atoms with Gasteiger partial charge in [0.15, 0.2) is 0 Å². The van der Waals surface area contributed by atoms with E-state index in [0.717, 1.165) is 23.0 Å². The van der Waals surface area contributed by atoms with Crippen molar-refractivity contribution in [3.63, 3.8) is 0 Å². The Bertz CT molecular complexity index is 1840. The molecule has 3 N–H and O–H groups in total. The maximum Gasteiger partial charge on any atom is 0.355 e. The standard InChI is InChI=1S/C33H25Cl2N7O3/c1-20-16-25(26(18-36)21-12-14-24(34)15-13-21)27(35)17-28(20)39-31-30(42(44)45)32(38-19-37-31)40-41-33(43)29(22-8-4-2-5-9-22)23-10-6-3-7-11-23/h2-17,19,26,29H,1H3,(H,41,43)(H2,37,38,39,40). The molecule has 1 aromatic heterocycles. The van der Waals surface area contributed by atoms with E-state index in [1.165, 1.54) is 0 Å². The first-order valence-corrected chi connectivity index (χ1v) is 14.4. The molecule has 1 unspecified atom stereocenters. The Morgan fingerprint density at radius 2 is 1.49 bits per heavy atom. The van der Waals surface area contributed by atoms with E-state index < -0.39 is 28.4 Å². The van der Waals surface area contributed by atoms with Crippen LogP contribution in [0.25, 0.3) is 0 Å². The number of anilines is 3. The number of nitrogens with zero attached hydrogens (tertiary/aromatic N) is 4. The normalized spacial score (nSPS) is 11.4. The number of benzene rings is 4. The van der Waals surface area contributed by atoms with Gasteiger partial charge in [-0.1, -0.05) is 102 Å². The van der Waals surface area contributed by atoms with Crippen molar-refractivity contribution in [1.29, 1.82) is 5.26 Å². The number of hydrogen-bond acceptors (Lipinski definition) is 8. The van der Waals surface area contributed by atoms with Crippen molar-refractivity contribution < 1.29 is 9.72 Å². The first kappa shape index (κ1) is 30.9. The Hall–Kier alpha value is -5.50. The third-order valence-electron chi connectivity index (χ3n) is 7.08. The predicted molar refractivity (Wildman–Crippen MR) is 174 cm³/mol. The number of carbonyl (C=O) groups is 1. The predicted octanol–water partition coefficient (Wildman–Crippen LogP) is 7.67. The lowest BCUT2D eigenvalue weighted by molar-refractivity contribution is -0.383. The van der Waals surface area contributed by atoms with E-state index in [9.17, 15) is 20.2 Å². The lowest BCUT2D eigenvalue weighted by atomic mass is 9.91. The molecule has 10 nitrogen and oxygen atoms in total. The minimum Gasteiger partial charge on any atom is -0.334 e. The smallest absolute Gasteiger partial charge is 0.334 e. The number of nitrogens with one attached hydrogen (secondary N) is 3. The van der Waals surface area contributed by atoms with Crippen LogP contribution in [0.3, 0.4) is 0 Å². The van der Waals surface area contributed by atoms with E-state index >= 15 is 0 Å². The number of amides is 1. The van der Waals surface area contributed by atoms with Crippen LogP contribution in [0.15, 0.2) is 103 Å². The summed E-state index contributed by atoms with van der Waals surface area (Å²) in [4.78, 5) is 33.1. The van der Waals surface area contributed by atoms with Crippen molar-refractivity contribution in [2.45, 2.75) is 18.8 Å². The van der Waals surface area contributed by atoms with Crippen molar-refractivity contribution in [3.8, 4) is 6.07 Å². The van der Waals surface area contributed by atoms with Gasteiger partial charge in [-0.2, -0.15) is 5.26 Å². The van der Waals surface area contributed by atoms with Crippen molar-refractivity contribution in [2.75, 3.05) is 10.7 Å². The summed E-state index contributed by atoms with van der Waals surface area (Å²) in [6, 6.07) is 30.9. The van der Waals surface area contributed by atoms with Gasteiger partial charge in [0, 0.05) is 15.7 Å². The number of nitriles is 1. The number of hydrazine groups is 1. The fourth-order valence-corrected chi connectivity index (χ4v) is 5.28. The fraction of sp³-hybridized carbons (Fsp3) is 0.0909. The highest BCUT2D eigenvalue weighted by Crippen LogP contribution is 2.37. The van der Waals surface area contributed by atoms with Crippen molar-refractivity contribution in [1.82, 2.24) is 15.4 Å². The fourth-order valence-electron chi connectivity index (χ4n) is 4.88. The zero-order valence-corrected chi connectivity index (χ0v) is 25.3. The summed E-state index contributed by atoms with van der Waals surface area (Å²) < 4.78 is 0. The molecule has 45 heavy (non-hydrogen) atoms. The molecule has 5 rings (SSSR count). The lowest BCUT2D eigenvalue weighted by Crippen LogP contribution is -2.35. The second-order valence-corrected chi connectivity index (χ2v) is 10.8. The zero-order chi connectivity index (χ0) is 31.9. The summed E-state index contributed by atoms with van der Waals surface area (Å²) >= 11 is 12.6. The molecule has 224 valence electrons. The molecule has 4 aromatic carbocycles. The van der Waals surface area contributed by atoms with Crippen LogP contribution in [-0.4, -0.2) is 20.8 Å². The number of rotatable bonds is 10. The van der Waals surface area contributed by atoms with E-state index in [4.69, 9.17) is 23.2 Å². The highest BCUT2D eigenvalue weighted by Gasteiger charge is 2.27. The van der Waals surface area contributed by atoms with Crippen LogP contribution in [0.1, 0.15) is 39.7 Å². The van der Waals surface area contributed by atoms with Crippen LogP contribution in [0, 0.1) is 28.4 Å². The van der Waals surface area contributed by atoms with Gasteiger partial charge in [-0.25, -0.2) is 9.97 Å². The minimum absolute atomic E-state index is 0.129. The molecular formula is C33H25Cl2N7O3. The number of aromatic nitrogens is 2. The summed E-state index contributed by atoms with van der Waals surface area (Å²) in [5.41, 5.74) is 8.56. The molecule has 0 aliphatic heterocycles. The minimum atomic E-state index is -0.688. The van der Waals surface area contributed by atoms with Crippen LogP contribution >= 0.6 is 23.2 Å². The Labute approximate surface area is 268 Å². The summed E-state index contributed by atoms with van der Waals surface area (Å²) in [7, 11) is 0.